The Morgan fingerprint density at radius 3 is 2.24 bits per heavy atom. The molecule has 1 amide bonds. The van der Waals surface area contributed by atoms with Crippen molar-refractivity contribution < 1.29 is 9.53 Å². The number of benzene rings is 2. The van der Waals surface area contributed by atoms with Crippen molar-refractivity contribution >= 4 is 11.6 Å². The van der Waals surface area contributed by atoms with Gasteiger partial charge in [0.15, 0.2) is 0 Å². The highest BCUT2D eigenvalue weighted by Crippen LogP contribution is 2.23. The third-order valence-corrected chi connectivity index (χ3v) is 4.80. The molecular weight excluding hydrogens is 366 g/mol. The summed E-state index contributed by atoms with van der Waals surface area (Å²) in [6, 6.07) is 18.3. The summed E-state index contributed by atoms with van der Waals surface area (Å²) in [6.07, 6.45) is 0. The SMILES string of the molecule is COc1ccc(N(Cc2ccc(C(C)C)cc2)C(=O)c2ccc(=O)n(C)n2)cc1. The van der Waals surface area contributed by atoms with Crippen molar-refractivity contribution in [3.8, 4) is 5.75 Å². The second kappa shape index (κ2) is 8.73. The van der Waals surface area contributed by atoms with Crippen LogP contribution < -0.4 is 15.2 Å². The number of aromatic nitrogens is 2. The van der Waals surface area contributed by atoms with E-state index in [2.05, 4.69) is 31.1 Å². The molecular formula is C23H25N3O3. The fourth-order valence-corrected chi connectivity index (χ4v) is 2.99. The Morgan fingerprint density at radius 2 is 1.69 bits per heavy atom. The average Bonchev–Trinajstić information content (AvgIpc) is 2.74. The zero-order valence-electron chi connectivity index (χ0n) is 17.1. The van der Waals surface area contributed by atoms with E-state index < -0.39 is 0 Å². The molecule has 0 atom stereocenters. The first-order valence-corrected chi connectivity index (χ1v) is 9.48. The van der Waals surface area contributed by atoms with Gasteiger partial charge in [-0.15, -0.1) is 0 Å². The van der Waals surface area contributed by atoms with Crippen LogP contribution in [0.1, 0.15) is 41.4 Å². The highest BCUT2D eigenvalue weighted by molar-refractivity contribution is 6.04. The standard InChI is InChI=1S/C23H25N3O3/c1-16(2)18-7-5-17(6-8-18)15-26(19-9-11-20(29-4)12-10-19)23(28)21-13-14-22(27)25(3)24-21/h5-14,16H,15H2,1-4H3. The number of hydrogen-bond acceptors (Lipinski definition) is 4. The molecule has 6 heteroatoms. The van der Waals surface area contributed by atoms with Gasteiger partial charge >= 0.3 is 0 Å². The first-order valence-electron chi connectivity index (χ1n) is 9.48. The maximum atomic E-state index is 13.3. The molecule has 3 aromatic rings. The monoisotopic (exact) mass is 391 g/mol. The van der Waals surface area contributed by atoms with Crippen LogP contribution in [-0.2, 0) is 13.6 Å². The molecule has 0 N–H and O–H groups in total. The van der Waals surface area contributed by atoms with Crippen LogP contribution in [0.15, 0.2) is 65.5 Å². The van der Waals surface area contributed by atoms with E-state index >= 15 is 0 Å². The van der Waals surface area contributed by atoms with Crippen molar-refractivity contribution in [1.82, 2.24) is 9.78 Å². The van der Waals surface area contributed by atoms with Crippen LogP contribution in [0.25, 0.3) is 0 Å². The van der Waals surface area contributed by atoms with Gasteiger partial charge in [0.25, 0.3) is 11.5 Å². The zero-order valence-corrected chi connectivity index (χ0v) is 17.1. The van der Waals surface area contributed by atoms with Crippen LogP contribution in [0.2, 0.25) is 0 Å². The zero-order chi connectivity index (χ0) is 21.0. The Kier molecular flexibility index (Phi) is 6.12. The number of hydrogen-bond donors (Lipinski definition) is 0. The molecule has 0 aliphatic carbocycles. The third kappa shape index (κ3) is 4.71. The molecule has 0 bridgehead atoms. The van der Waals surface area contributed by atoms with Gasteiger partial charge in [0.1, 0.15) is 11.4 Å². The summed E-state index contributed by atoms with van der Waals surface area (Å²) in [4.78, 5) is 26.6. The van der Waals surface area contributed by atoms with Crippen molar-refractivity contribution in [3.05, 3.63) is 87.8 Å². The Labute approximate surface area is 170 Å². The molecule has 1 heterocycles. The van der Waals surface area contributed by atoms with Gasteiger partial charge in [0.2, 0.25) is 0 Å². The van der Waals surface area contributed by atoms with Gasteiger partial charge in [-0.05, 0) is 47.4 Å². The number of methoxy groups -OCH3 is 1. The van der Waals surface area contributed by atoms with Crippen LogP contribution in [0, 0.1) is 0 Å². The molecule has 1 aromatic heterocycles. The number of anilines is 1. The van der Waals surface area contributed by atoms with E-state index in [1.54, 1.807) is 12.0 Å². The Hall–Kier alpha value is -3.41. The lowest BCUT2D eigenvalue weighted by Crippen LogP contribution is -2.33. The Morgan fingerprint density at radius 1 is 1.03 bits per heavy atom. The molecule has 3 rings (SSSR count). The molecule has 0 aliphatic heterocycles. The minimum atomic E-state index is -0.279. The van der Waals surface area contributed by atoms with E-state index in [1.165, 1.54) is 24.7 Å². The van der Waals surface area contributed by atoms with E-state index in [1.807, 2.05) is 36.4 Å². The van der Waals surface area contributed by atoms with Crippen LogP contribution in [0.3, 0.4) is 0 Å². The number of carbonyl (C=O) groups is 1. The van der Waals surface area contributed by atoms with Gasteiger partial charge in [-0.2, -0.15) is 5.10 Å². The quantitative estimate of drug-likeness (QED) is 0.642. The van der Waals surface area contributed by atoms with Gasteiger partial charge in [0.05, 0.1) is 13.7 Å². The van der Waals surface area contributed by atoms with E-state index in [0.717, 1.165) is 15.9 Å². The largest absolute Gasteiger partial charge is 0.497 e. The van der Waals surface area contributed by atoms with Crippen molar-refractivity contribution in [1.29, 1.82) is 0 Å². The number of rotatable bonds is 6. The minimum Gasteiger partial charge on any atom is -0.497 e. The Balaban J connectivity index is 1.96. The molecule has 0 spiro atoms. The van der Waals surface area contributed by atoms with Crippen LogP contribution in [0.4, 0.5) is 5.69 Å². The summed E-state index contributed by atoms with van der Waals surface area (Å²) in [5.41, 5.74) is 2.92. The van der Waals surface area contributed by atoms with Crippen molar-refractivity contribution in [3.63, 3.8) is 0 Å². The normalized spacial score (nSPS) is 10.8. The summed E-state index contributed by atoms with van der Waals surface area (Å²) in [6.45, 7) is 4.68. The van der Waals surface area contributed by atoms with Crippen molar-refractivity contribution in [2.75, 3.05) is 12.0 Å². The smallest absolute Gasteiger partial charge is 0.279 e. The highest BCUT2D eigenvalue weighted by Gasteiger charge is 2.20. The molecule has 150 valence electrons. The summed E-state index contributed by atoms with van der Waals surface area (Å²) in [5, 5.41) is 4.12. The van der Waals surface area contributed by atoms with E-state index in [-0.39, 0.29) is 17.2 Å². The summed E-state index contributed by atoms with van der Waals surface area (Å²) in [7, 11) is 3.13. The first-order chi connectivity index (χ1) is 13.9. The summed E-state index contributed by atoms with van der Waals surface area (Å²) < 4.78 is 6.39. The predicted molar refractivity (Wildman–Crippen MR) is 114 cm³/mol. The fourth-order valence-electron chi connectivity index (χ4n) is 2.99. The lowest BCUT2D eigenvalue weighted by Gasteiger charge is -2.23. The summed E-state index contributed by atoms with van der Waals surface area (Å²) in [5.74, 6) is 0.875. The van der Waals surface area contributed by atoms with E-state index in [0.29, 0.717) is 18.2 Å². The fraction of sp³-hybridized carbons (Fsp3) is 0.261. The van der Waals surface area contributed by atoms with Gasteiger partial charge in [0, 0.05) is 18.8 Å². The summed E-state index contributed by atoms with van der Waals surface area (Å²) >= 11 is 0. The van der Waals surface area contributed by atoms with E-state index in [9.17, 15) is 9.59 Å². The molecule has 2 aromatic carbocycles. The maximum Gasteiger partial charge on any atom is 0.279 e. The molecule has 0 saturated heterocycles. The van der Waals surface area contributed by atoms with Crippen LogP contribution in [-0.4, -0.2) is 22.8 Å². The lowest BCUT2D eigenvalue weighted by atomic mass is 10.0. The molecule has 6 nitrogen and oxygen atoms in total. The molecule has 29 heavy (non-hydrogen) atoms. The maximum absolute atomic E-state index is 13.3. The second-order valence-electron chi connectivity index (χ2n) is 7.17. The minimum absolute atomic E-state index is 0.210. The van der Waals surface area contributed by atoms with Crippen molar-refractivity contribution in [2.24, 2.45) is 7.05 Å². The van der Waals surface area contributed by atoms with Crippen LogP contribution >= 0.6 is 0 Å². The van der Waals surface area contributed by atoms with Gasteiger partial charge in [-0.3, -0.25) is 9.59 Å². The topological polar surface area (TPSA) is 64.4 Å². The number of amides is 1. The number of aryl methyl sites for hydroxylation is 1. The average molecular weight is 391 g/mol. The predicted octanol–water partition coefficient (Wildman–Crippen LogP) is 3.76. The molecule has 0 radical (unpaired) electrons. The molecule has 0 saturated carbocycles. The van der Waals surface area contributed by atoms with Crippen molar-refractivity contribution in [2.45, 2.75) is 26.3 Å². The van der Waals surface area contributed by atoms with Gasteiger partial charge < -0.3 is 9.64 Å². The molecule has 0 fully saturated rings. The molecule has 0 aliphatic rings. The number of ether oxygens (including phenoxy) is 1. The number of nitrogens with zero attached hydrogens (tertiary/aromatic N) is 3. The third-order valence-electron chi connectivity index (χ3n) is 4.80. The van der Waals surface area contributed by atoms with Gasteiger partial charge in [-0.25, -0.2) is 4.68 Å². The van der Waals surface area contributed by atoms with Crippen LogP contribution in [0.5, 0.6) is 5.75 Å². The molecule has 0 unspecified atom stereocenters. The lowest BCUT2D eigenvalue weighted by molar-refractivity contribution is 0.0978. The number of carbonyl (C=O) groups excluding carboxylic acids is 1. The first kappa shape index (κ1) is 20.3. The Bertz CT molecular complexity index is 1040. The second-order valence-corrected chi connectivity index (χ2v) is 7.17. The van der Waals surface area contributed by atoms with E-state index in [4.69, 9.17) is 4.74 Å². The van der Waals surface area contributed by atoms with Gasteiger partial charge in [-0.1, -0.05) is 38.1 Å². The highest BCUT2D eigenvalue weighted by atomic mass is 16.5.